The molecule has 1 aromatic heterocycles. The van der Waals surface area contributed by atoms with Crippen LogP contribution in [0.2, 0.25) is 0 Å². The lowest BCUT2D eigenvalue weighted by atomic mass is 10.1. The molecule has 3 heteroatoms. The lowest BCUT2D eigenvalue weighted by Gasteiger charge is -2.01. The highest BCUT2D eigenvalue weighted by Gasteiger charge is 2.23. The minimum Gasteiger partial charge on any atom is -0.382 e. The molecule has 3 nitrogen and oxygen atoms in total. The van der Waals surface area contributed by atoms with E-state index < -0.39 is 0 Å². The summed E-state index contributed by atoms with van der Waals surface area (Å²) in [7, 11) is 0. The van der Waals surface area contributed by atoms with E-state index in [2.05, 4.69) is 34.5 Å². The molecular weight excluding hydrogens is 186 g/mol. The molecule has 3 N–H and O–H groups in total. The highest BCUT2D eigenvalue weighted by Crippen LogP contribution is 2.40. The summed E-state index contributed by atoms with van der Waals surface area (Å²) < 4.78 is 0. The van der Waals surface area contributed by atoms with Gasteiger partial charge in [-0.2, -0.15) is 5.10 Å². The van der Waals surface area contributed by atoms with Crippen molar-refractivity contribution < 1.29 is 0 Å². The molecule has 1 heterocycles. The normalized spacial score (nSPS) is 15.5. The minimum atomic E-state index is 0.543. The number of hydrogen-bond donors (Lipinski definition) is 2. The van der Waals surface area contributed by atoms with E-state index in [1.54, 1.807) is 0 Å². The Morgan fingerprint density at radius 1 is 1.27 bits per heavy atom. The van der Waals surface area contributed by atoms with Gasteiger partial charge in [0, 0.05) is 6.07 Å². The van der Waals surface area contributed by atoms with Gasteiger partial charge in [-0.05, 0) is 36.0 Å². The molecule has 3 rings (SSSR count). The van der Waals surface area contributed by atoms with Gasteiger partial charge >= 0.3 is 0 Å². The number of benzene rings is 1. The van der Waals surface area contributed by atoms with Crippen molar-refractivity contribution in [1.82, 2.24) is 10.2 Å². The molecule has 15 heavy (non-hydrogen) atoms. The van der Waals surface area contributed by atoms with Crippen LogP contribution in [-0.2, 0) is 0 Å². The van der Waals surface area contributed by atoms with Crippen molar-refractivity contribution in [2.75, 3.05) is 5.73 Å². The van der Waals surface area contributed by atoms with Gasteiger partial charge in [-0.15, -0.1) is 0 Å². The van der Waals surface area contributed by atoms with Gasteiger partial charge in [0.05, 0.1) is 5.69 Å². The molecule has 76 valence electrons. The lowest BCUT2D eigenvalue weighted by Crippen LogP contribution is -1.82. The molecule has 0 radical (unpaired) electrons. The van der Waals surface area contributed by atoms with Gasteiger partial charge in [0.1, 0.15) is 5.82 Å². The molecule has 1 fully saturated rings. The van der Waals surface area contributed by atoms with E-state index in [0.29, 0.717) is 5.82 Å². The fraction of sp³-hybridized carbons (Fsp3) is 0.250. The number of anilines is 1. The Bertz CT molecular complexity index is 483. The molecular formula is C12H13N3. The second-order valence-electron chi connectivity index (χ2n) is 4.11. The van der Waals surface area contributed by atoms with Crippen LogP contribution in [0.4, 0.5) is 5.82 Å². The maximum Gasteiger partial charge on any atom is 0.145 e. The highest BCUT2D eigenvalue weighted by atomic mass is 15.2. The van der Waals surface area contributed by atoms with Gasteiger partial charge in [-0.3, -0.25) is 5.10 Å². The number of rotatable bonds is 2. The van der Waals surface area contributed by atoms with E-state index in [-0.39, 0.29) is 0 Å². The molecule has 2 aromatic rings. The molecule has 1 saturated carbocycles. The molecule has 0 unspecified atom stereocenters. The van der Waals surface area contributed by atoms with E-state index in [1.165, 1.54) is 24.0 Å². The Labute approximate surface area is 88.3 Å². The zero-order valence-corrected chi connectivity index (χ0v) is 8.40. The number of nitrogens with zero attached hydrogens (tertiary/aromatic N) is 1. The fourth-order valence-corrected chi connectivity index (χ4v) is 1.86. The summed E-state index contributed by atoms with van der Waals surface area (Å²) in [6, 6.07) is 10.5. The second-order valence-corrected chi connectivity index (χ2v) is 4.11. The summed E-state index contributed by atoms with van der Waals surface area (Å²) in [6.07, 6.45) is 2.66. The van der Waals surface area contributed by atoms with Crippen molar-refractivity contribution in [1.29, 1.82) is 0 Å². The van der Waals surface area contributed by atoms with Crippen molar-refractivity contribution in [3.8, 4) is 11.3 Å². The van der Waals surface area contributed by atoms with Gasteiger partial charge in [-0.25, -0.2) is 0 Å². The Morgan fingerprint density at radius 3 is 2.80 bits per heavy atom. The van der Waals surface area contributed by atoms with Crippen molar-refractivity contribution in [3.63, 3.8) is 0 Å². The van der Waals surface area contributed by atoms with Gasteiger partial charge in [0.25, 0.3) is 0 Å². The van der Waals surface area contributed by atoms with E-state index >= 15 is 0 Å². The number of nitrogens with one attached hydrogen (secondary N) is 1. The molecule has 1 aliphatic rings. The lowest BCUT2D eigenvalue weighted by molar-refractivity contribution is 1.10. The van der Waals surface area contributed by atoms with Crippen LogP contribution in [0, 0.1) is 0 Å². The highest BCUT2D eigenvalue weighted by molar-refractivity contribution is 5.63. The quantitative estimate of drug-likeness (QED) is 0.780. The molecule has 1 aromatic carbocycles. The first kappa shape index (κ1) is 8.53. The zero-order chi connectivity index (χ0) is 10.3. The smallest absolute Gasteiger partial charge is 0.145 e. The fourth-order valence-electron chi connectivity index (χ4n) is 1.86. The monoisotopic (exact) mass is 199 g/mol. The maximum absolute atomic E-state index is 5.58. The molecule has 0 atom stereocenters. The zero-order valence-electron chi connectivity index (χ0n) is 8.40. The SMILES string of the molecule is Nc1cc(-c2cccc(C3CC3)c2)[nH]n1. The molecule has 0 bridgehead atoms. The third-order valence-corrected chi connectivity index (χ3v) is 2.84. The number of nitrogens with two attached hydrogens (primary N) is 1. The molecule has 0 spiro atoms. The topological polar surface area (TPSA) is 54.7 Å². The van der Waals surface area contributed by atoms with Crippen LogP contribution in [0.15, 0.2) is 30.3 Å². The van der Waals surface area contributed by atoms with Gasteiger partial charge < -0.3 is 5.73 Å². The van der Waals surface area contributed by atoms with Crippen LogP contribution in [0.3, 0.4) is 0 Å². The summed E-state index contributed by atoms with van der Waals surface area (Å²) in [6.45, 7) is 0. The average Bonchev–Trinajstić information content (AvgIpc) is 3.02. The Kier molecular flexibility index (Phi) is 1.78. The standard InChI is InChI=1S/C12H13N3/c13-12-7-11(14-15-12)10-3-1-2-9(6-10)8-4-5-8/h1-3,6-8H,4-5H2,(H3,13,14,15). The molecule has 0 amide bonds. The second kappa shape index (κ2) is 3.12. The first-order valence-corrected chi connectivity index (χ1v) is 5.24. The van der Waals surface area contributed by atoms with Crippen molar-refractivity contribution in [3.05, 3.63) is 35.9 Å². The van der Waals surface area contributed by atoms with Crippen LogP contribution in [0.5, 0.6) is 0 Å². The predicted octanol–water partition coefficient (Wildman–Crippen LogP) is 2.54. The summed E-state index contributed by atoms with van der Waals surface area (Å²) >= 11 is 0. The number of hydrogen-bond acceptors (Lipinski definition) is 2. The van der Waals surface area contributed by atoms with Gasteiger partial charge in [0.2, 0.25) is 0 Å². The Hall–Kier alpha value is -1.77. The van der Waals surface area contributed by atoms with Crippen LogP contribution in [0.25, 0.3) is 11.3 Å². The largest absolute Gasteiger partial charge is 0.382 e. The third kappa shape index (κ3) is 1.61. The van der Waals surface area contributed by atoms with Crippen LogP contribution >= 0.6 is 0 Å². The molecule has 1 aliphatic carbocycles. The summed E-state index contributed by atoms with van der Waals surface area (Å²) in [5.41, 5.74) is 9.18. The third-order valence-electron chi connectivity index (χ3n) is 2.84. The summed E-state index contributed by atoms with van der Waals surface area (Å²) in [4.78, 5) is 0. The first-order chi connectivity index (χ1) is 7.33. The van der Waals surface area contributed by atoms with Crippen LogP contribution in [0.1, 0.15) is 24.3 Å². The first-order valence-electron chi connectivity index (χ1n) is 5.24. The van der Waals surface area contributed by atoms with E-state index in [9.17, 15) is 0 Å². The minimum absolute atomic E-state index is 0.543. The molecule has 0 aliphatic heterocycles. The molecule has 0 saturated heterocycles. The van der Waals surface area contributed by atoms with Crippen molar-refractivity contribution in [2.45, 2.75) is 18.8 Å². The van der Waals surface area contributed by atoms with E-state index in [1.807, 2.05) is 6.07 Å². The van der Waals surface area contributed by atoms with Gasteiger partial charge in [0.15, 0.2) is 0 Å². The predicted molar refractivity (Wildman–Crippen MR) is 60.4 cm³/mol. The van der Waals surface area contributed by atoms with Crippen LogP contribution in [-0.4, -0.2) is 10.2 Å². The maximum atomic E-state index is 5.58. The number of aromatic amines is 1. The van der Waals surface area contributed by atoms with Crippen molar-refractivity contribution in [2.24, 2.45) is 0 Å². The van der Waals surface area contributed by atoms with Gasteiger partial charge in [-0.1, -0.05) is 18.2 Å². The Morgan fingerprint density at radius 2 is 2.13 bits per heavy atom. The van der Waals surface area contributed by atoms with E-state index in [0.717, 1.165) is 11.6 Å². The van der Waals surface area contributed by atoms with Crippen LogP contribution < -0.4 is 5.73 Å². The summed E-state index contributed by atoms with van der Waals surface area (Å²) in [5.74, 6) is 1.33. The average molecular weight is 199 g/mol. The Balaban J connectivity index is 2.00. The number of aromatic nitrogens is 2. The van der Waals surface area contributed by atoms with Crippen molar-refractivity contribution >= 4 is 5.82 Å². The van der Waals surface area contributed by atoms with E-state index in [4.69, 9.17) is 5.73 Å². The summed E-state index contributed by atoms with van der Waals surface area (Å²) in [5, 5.41) is 6.87. The number of nitrogen functional groups attached to an aromatic ring is 1. The number of H-pyrrole nitrogens is 1.